The molecule has 0 aliphatic heterocycles. The Bertz CT molecular complexity index is 288. The van der Waals surface area contributed by atoms with Crippen LogP contribution in [-0.4, -0.2) is 4.98 Å². The molecule has 1 aromatic heterocycles. The number of nitrogens with zero attached hydrogens (tertiary/aromatic N) is 2. The van der Waals surface area contributed by atoms with Crippen molar-refractivity contribution in [3.05, 3.63) is 29.3 Å². The molecule has 0 unspecified atom stereocenters. The van der Waals surface area contributed by atoms with Gasteiger partial charge >= 0.3 is 0 Å². The summed E-state index contributed by atoms with van der Waals surface area (Å²) in [5, 5.41) is 8.32. The normalized spacial score (nSPS) is 8.90. The zero-order valence-electron chi connectivity index (χ0n) is 5.43. The highest BCUT2D eigenvalue weighted by Crippen LogP contribution is 2.04. The highest BCUT2D eigenvalue weighted by molar-refractivity contribution is 5.25. The van der Waals surface area contributed by atoms with Gasteiger partial charge < -0.3 is 0 Å². The highest BCUT2D eigenvalue weighted by atomic mass is 19.1. The molecule has 0 saturated heterocycles. The predicted molar refractivity (Wildman–Crippen MR) is 33.6 cm³/mol. The second-order valence-corrected chi connectivity index (χ2v) is 1.93. The van der Waals surface area contributed by atoms with E-state index in [2.05, 4.69) is 4.98 Å². The lowest BCUT2D eigenvalue weighted by molar-refractivity contribution is 0.611. The number of aromatic nitrogens is 1. The van der Waals surface area contributed by atoms with Crippen molar-refractivity contribution in [2.75, 3.05) is 0 Å². The maximum atomic E-state index is 12.5. The lowest BCUT2D eigenvalue weighted by Crippen LogP contribution is -1.87. The molecule has 0 amide bonds. The van der Waals surface area contributed by atoms with Crippen molar-refractivity contribution in [1.82, 2.24) is 4.98 Å². The topological polar surface area (TPSA) is 36.7 Å². The van der Waals surface area contributed by atoms with Crippen molar-refractivity contribution in [3.63, 3.8) is 0 Å². The zero-order valence-corrected chi connectivity index (χ0v) is 5.43. The van der Waals surface area contributed by atoms with E-state index < -0.39 is 0 Å². The van der Waals surface area contributed by atoms with Gasteiger partial charge in [0.2, 0.25) is 0 Å². The molecule has 0 saturated carbocycles. The summed E-state index contributed by atoms with van der Waals surface area (Å²) in [4.78, 5) is 3.52. The van der Waals surface area contributed by atoms with Gasteiger partial charge in [0.1, 0.15) is 17.6 Å². The molecule has 0 aromatic carbocycles. The van der Waals surface area contributed by atoms with Crippen molar-refractivity contribution >= 4 is 0 Å². The summed E-state index contributed by atoms with van der Waals surface area (Å²) in [5.74, 6) is -0.376. The Morgan fingerprint density at radius 2 is 2.40 bits per heavy atom. The molecule has 0 fully saturated rings. The third kappa shape index (κ3) is 1.11. The van der Waals surface area contributed by atoms with Crippen LogP contribution < -0.4 is 0 Å². The lowest BCUT2D eigenvalue weighted by Gasteiger charge is -1.92. The van der Waals surface area contributed by atoms with Crippen LogP contribution in [0.4, 0.5) is 4.39 Å². The average Bonchev–Trinajstić information content (AvgIpc) is 1.95. The smallest absolute Gasteiger partial charge is 0.144 e. The van der Waals surface area contributed by atoms with E-state index in [0.29, 0.717) is 5.56 Å². The lowest BCUT2D eigenvalue weighted by atomic mass is 10.2. The number of aryl methyl sites for hydroxylation is 1. The average molecular weight is 136 g/mol. The van der Waals surface area contributed by atoms with Gasteiger partial charge in [0.25, 0.3) is 0 Å². The van der Waals surface area contributed by atoms with Crippen molar-refractivity contribution in [2.24, 2.45) is 0 Å². The summed E-state index contributed by atoms with van der Waals surface area (Å²) >= 11 is 0. The Morgan fingerprint density at radius 3 is 2.90 bits per heavy atom. The number of nitriles is 1. The van der Waals surface area contributed by atoms with Gasteiger partial charge in [0.05, 0.1) is 6.20 Å². The largest absolute Gasteiger partial charge is 0.242 e. The van der Waals surface area contributed by atoms with Crippen molar-refractivity contribution < 1.29 is 4.39 Å². The minimum atomic E-state index is -0.376. The Morgan fingerprint density at radius 1 is 1.70 bits per heavy atom. The van der Waals surface area contributed by atoms with Gasteiger partial charge in [0, 0.05) is 0 Å². The number of halogens is 1. The molecule has 0 aliphatic carbocycles. The van der Waals surface area contributed by atoms with E-state index in [-0.39, 0.29) is 11.5 Å². The molecule has 0 atom stereocenters. The molecule has 3 heteroatoms. The minimum absolute atomic E-state index is 0.249. The van der Waals surface area contributed by atoms with Gasteiger partial charge in [-0.3, -0.25) is 0 Å². The van der Waals surface area contributed by atoms with Crippen LogP contribution in [0.5, 0.6) is 0 Å². The van der Waals surface area contributed by atoms with Gasteiger partial charge in [-0.2, -0.15) is 5.26 Å². The molecule has 0 spiro atoms. The fourth-order valence-electron chi connectivity index (χ4n) is 0.600. The van der Waals surface area contributed by atoms with Gasteiger partial charge in [-0.15, -0.1) is 0 Å². The highest BCUT2D eigenvalue weighted by Gasteiger charge is 1.97. The third-order valence-corrected chi connectivity index (χ3v) is 1.16. The third-order valence-electron chi connectivity index (χ3n) is 1.16. The Labute approximate surface area is 57.9 Å². The first kappa shape index (κ1) is 6.69. The van der Waals surface area contributed by atoms with E-state index in [1.807, 2.05) is 6.07 Å². The van der Waals surface area contributed by atoms with E-state index in [9.17, 15) is 4.39 Å². The van der Waals surface area contributed by atoms with Gasteiger partial charge in [0.15, 0.2) is 0 Å². The van der Waals surface area contributed by atoms with E-state index in [0.717, 1.165) is 6.20 Å². The maximum Gasteiger partial charge on any atom is 0.144 e. The fraction of sp³-hybridized carbons (Fsp3) is 0.143. The Kier molecular flexibility index (Phi) is 1.63. The summed E-state index contributed by atoms with van der Waals surface area (Å²) in [6.07, 6.45) is 1.05. The summed E-state index contributed by atoms with van der Waals surface area (Å²) in [5.41, 5.74) is 0.699. The van der Waals surface area contributed by atoms with Crippen LogP contribution in [0, 0.1) is 24.1 Å². The molecular formula is C7H5FN2. The number of hydrogen-bond donors (Lipinski definition) is 0. The molecule has 2 nitrogen and oxygen atoms in total. The minimum Gasteiger partial charge on any atom is -0.242 e. The molecule has 0 radical (unpaired) electrons. The van der Waals surface area contributed by atoms with Crippen LogP contribution in [0.15, 0.2) is 12.3 Å². The van der Waals surface area contributed by atoms with Crippen LogP contribution in [0.3, 0.4) is 0 Å². The summed E-state index contributed by atoms with van der Waals surface area (Å²) in [6, 6.07) is 3.23. The van der Waals surface area contributed by atoms with Crippen LogP contribution in [0.25, 0.3) is 0 Å². The second kappa shape index (κ2) is 2.44. The van der Waals surface area contributed by atoms with E-state index in [1.165, 1.54) is 6.07 Å². The van der Waals surface area contributed by atoms with Crippen LogP contribution in [0.2, 0.25) is 0 Å². The van der Waals surface area contributed by atoms with Gasteiger partial charge in [-0.1, -0.05) is 0 Å². The van der Waals surface area contributed by atoms with E-state index in [4.69, 9.17) is 5.26 Å². The van der Waals surface area contributed by atoms with Gasteiger partial charge in [-0.05, 0) is 18.6 Å². The zero-order chi connectivity index (χ0) is 7.56. The second-order valence-electron chi connectivity index (χ2n) is 1.93. The molecule has 1 heterocycles. The molecule has 0 N–H and O–H groups in total. The predicted octanol–water partition coefficient (Wildman–Crippen LogP) is 1.40. The van der Waals surface area contributed by atoms with Crippen molar-refractivity contribution in [3.8, 4) is 6.07 Å². The maximum absolute atomic E-state index is 12.5. The number of pyridine rings is 1. The number of hydrogen-bond acceptors (Lipinski definition) is 2. The molecule has 50 valence electrons. The van der Waals surface area contributed by atoms with Gasteiger partial charge in [-0.25, -0.2) is 9.37 Å². The summed E-state index contributed by atoms with van der Waals surface area (Å²) < 4.78 is 12.5. The van der Waals surface area contributed by atoms with Crippen LogP contribution in [0.1, 0.15) is 11.3 Å². The first-order valence-electron chi connectivity index (χ1n) is 2.76. The molecule has 1 aromatic rings. The molecular weight excluding hydrogens is 131 g/mol. The molecule has 1 rings (SSSR count). The van der Waals surface area contributed by atoms with E-state index in [1.54, 1.807) is 6.92 Å². The number of rotatable bonds is 0. The molecule has 0 aliphatic rings. The Balaban J connectivity index is 3.20. The van der Waals surface area contributed by atoms with Crippen molar-refractivity contribution in [1.29, 1.82) is 5.26 Å². The molecule has 0 bridgehead atoms. The van der Waals surface area contributed by atoms with Crippen LogP contribution >= 0.6 is 0 Å². The SMILES string of the molecule is Cc1cc(C#N)ncc1F. The first-order chi connectivity index (χ1) is 4.74. The fourth-order valence-corrected chi connectivity index (χ4v) is 0.600. The standard InChI is InChI=1S/C7H5FN2/c1-5-2-6(3-9)10-4-7(5)8/h2,4H,1H3. The Hall–Kier alpha value is -1.43. The first-order valence-corrected chi connectivity index (χ1v) is 2.76. The van der Waals surface area contributed by atoms with Crippen LogP contribution in [-0.2, 0) is 0 Å². The quantitative estimate of drug-likeness (QED) is 0.540. The van der Waals surface area contributed by atoms with Crippen molar-refractivity contribution in [2.45, 2.75) is 6.92 Å². The van der Waals surface area contributed by atoms with E-state index >= 15 is 0 Å². The monoisotopic (exact) mass is 136 g/mol. The summed E-state index contributed by atoms with van der Waals surface area (Å²) in [7, 11) is 0. The molecule has 10 heavy (non-hydrogen) atoms. The summed E-state index contributed by atoms with van der Waals surface area (Å²) in [6.45, 7) is 1.60.